The first-order valence-corrected chi connectivity index (χ1v) is 6.47. The second kappa shape index (κ2) is 5.21. The Morgan fingerprint density at radius 1 is 1.24 bits per heavy atom. The van der Waals surface area contributed by atoms with Gasteiger partial charge in [0.2, 0.25) is 0 Å². The number of halogens is 2. The maximum Gasteiger partial charge on any atom is 0.519 e. The fourth-order valence-corrected chi connectivity index (χ4v) is 2.51. The maximum absolute atomic E-state index is 10.8. The first-order valence-electron chi connectivity index (χ1n) is 4.73. The van der Waals surface area contributed by atoms with E-state index in [9.17, 15) is 4.79 Å². The van der Waals surface area contributed by atoms with Crippen LogP contribution in [0, 0.1) is 6.92 Å². The normalized spacial score (nSPS) is 10.8. The molecule has 1 heterocycles. The van der Waals surface area contributed by atoms with Crippen LogP contribution in [0.25, 0.3) is 0 Å². The smallest absolute Gasteiger partial charge is 0.396 e. The predicted octanol–water partition coefficient (Wildman–Crippen LogP) is 4.14. The predicted molar refractivity (Wildman–Crippen MR) is 68.0 cm³/mol. The number of benzene rings is 1. The number of hydrogen-bond acceptors (Lipinski definition) is 4. The molecule has 0 bridgehead atoms. The first-order chi connectivity index (χ1) is 8.06. The average molecular weight is 291 g/mol. The summed E-state index contributed by atoms with van der Waals surface area (Å²) in [5.41, 5.74) is 0. The van der Waals surface area contributed by atoms with Gasteiger partial charge in [0.05, 0.1) is 15.8 Å². The van der Waals surface area contributed by atoms with Crippen LogP contribution in [0.15, 0.2) is 36.7 Å². The summed E-state index contributed by atoms with van der Waals surface area (Å²) >= 11 is 13.2. The minimum Gasteiger partial charge on any atom is -0.396 e. The number of rotatable bonds is 3. The van der Waals surface area contributed by atoms with E-state index in [1.165, 1.54) is 11.8 Å². The van der Waals surface area contributed by atoms with E-state index in [1.54, 1.807) is 19.1 Å². The molecule has 0 amide bonds. The van der Waals surface area contributed by atoms with Gasteiger partial charge in [-0.1, -0.05) is 23.2 Å². The molecular weight excluding hydrogens is 283 g/mol. The zero-order valence-electron chi connectivity index (χ0n) is 8.83. The quantitative estimate of drug-likeness (QED) is 0.797. The second-order valence-electron chi connectivity index (χ2n) is 3.30. The second-order valence-corrected chi connectivity index (χ2v) is 5.16. The molecule has 1 aromatic heterocycles. The SMILES string of the molecule is Cc1oc(=O)oc1CSc1ccc(Cl)c(Cl)c1. The highest BCUT2D eigenvalue weighted by molar-refractivity contribution is 7.98. The Kier molecular flexibility index (Phi) is 3.86. The summed E-state index contributed by atoms with van der Waals surface area (Å²) in [7, 11) is 0. The molecule has 0 atom stereocenters. The van der Waals surface area contributed by atoms with E-state index in [1.807, 2.05) is 6.07 Å². The average Bonchev–Trinajstić information content (AvgIpc) is 2.59. The van der Waals surface area contributed by atoms with Crippen LogP contribution >= 0.6 is 35.0 Å². The number of aryl methyl sites for hydroxylation is 1. The Labute approximate surface area is 112 Å². The Hall–Kier alpha value is -0.840. The third-order valence-corrected chi connectivity index (χ3v) is 3.83. The minimum atomic E-state index is -0.674. The highest BCUT2D eigenvalue weighted by Crippen LogP contribution is 2.30. The van der Waals surface area contributed by atoms with Crippen LogP contribution in [0.1, 0.15) is 11.5 Å². The highest BCUT2D eigenvalue weighted by Gasteiger charge is 2.09. The summed E-state index contributed by atoms with van der Waals surface area (Å²) in [4.78, 5) is 11.8. The molecule has 0 spiro atoms. The van der Waals surface area contributed by atoms with Crippen molar-refractivity contribution in [3.05, 3.63) is 50.4 Å². The lowest BCUT2D eigenvalue weighted by atomic mass is 10.4. The van der Waals surface area contributed by atoms with Gasteiger partial charge in [-0.2, -0.15) is 0 Å². The molecule has 0 saturated heterocycles. The number of hydrogen-bond donors (Lipinski definition) is 0. The molecule has 0 N–H and O–H groups in total. The molecule has 3 nitrogen and oxygen atoms in total. The highest BCUT2D eigenvalue weighted by atomic mass is 35.5. The van der Waals surface area contributed by atoms with E-state index in [2.05, 4.69) is 0 Å². The monoisotopic (exact) mass is 290 g/mol. The molecule has 90 valence electrons. The van der Waals surface area contributed by atoms with E-state index in [0.29, 0.717) is 27.3 Å². The van der Waals surface area contributed by atoms with Crippen LogP contribution in [0.5, 0.6) is 0 Å². The Morgan fingerprint density at radius 3 is 2.59 bits per heavy atom. The van der Waals surface area contributed by atoms with Gasteiger partial charge in [-0.05, 0) is 25.1 Å². The first kappa shape index (κ1) is 12.6. The fraction of sp³-hybridized carbons (Fsp3) is 0.182. The van der Waals surface area contributed by atoms with Gasteiger partial charge in [0.1, 0.15) is 5.76 Å². The fourth-order valence-electron chi connectivity index (χ4n) is 1.22. The van der Waals surface area contributed by atoms with E-state index in [4.69, 9.17) is 32.0 Å². The van der Waals surface area contributed by atoms with Gasteiger partial charge in [-0.15, -0.1) is 11.8 Å². The van der Waals surface area contributed by atoms with Crippen LogP contribution in [0.2, 0.25) is 10.0 Å². The molecule has 0 saturated carbocycles. The zero-order valence-corrected chi connectivity index (χ0v) is 11.2. The van der Waals surface area contributed by atoms with Crippen molar-refractivity contribution in [3.63, 3.8) is 0 Å². The Bertz CT molecular complexity index is 589. The summed E-state index contributed by atoms with van der Waals surface area (Å²) in [6, 6.07) is 5.35. The Morgan fingerprint density at radius 2 is 2.00 bits per heavy atom. The molecule has 0 aliphatic carbocycles. The lowest BCUT2D eigenvalue weighted by Crippen LogP contribution is -1.86. The molecule has 0 fully saturated rings. The minimum absolute atomic E-state index is 0.502. The van der Waals surface area contributed by atoms with Crippen LogP contribution in [0.3, 0.4) is 0 Å². The third kappa shape index (κ3) is 3.09. The van der Waals surface area contributed by atoms with Gasteiger partial charge in [0, 0.05) is 4.90 Å². The molecule has 0 aliphatic rings. The molecule has 17 heavy (non-hydrogen) atoms. The lowest BCUT2D eigenvalue weighted by molar-refractivity contribution is 0.372. The van der Waals surface area contributed by atoms with Crippen molar-refractivity contribution in [1.82, 2.24) is 0 Å². The van der Waals surface area contributed by atoms with Crippen molar-refractivity contribution in [1.29, 1.82) is 0 Å². The van der Waals surface area contributed by atoms with Crippen LogP contribution in [-0.4, -0.2) is 0 Å². The molecule has 0 unspecified atom stereocenters. The molecule has 2 aromatic rings. The van der Waals surface area contributed by atoms with Crippen molar-refractivity contribution in [3.8, 4) is 0 Å². The van der Waals surface area contributed by atoms with Crippen molar-refractivity contribution in [2.24, 2.45) is 0 Å². The number of thioether (sulfide) groups is 1. The van der Waals surface area contributed by atoms with Gasteiger partial charge in [0.25, 0.3) is 0 Å². The van der Waals surface area contributed by atoms with E-state index < -0.39 is 5.82 Å². The molecule has 0 aliphatic heterocycles. The summed E-state index contributed by atoms with van der Waals surface area (Å²) in [5.74, 6) is 0.871. The molecule has 0 radical (unpaired) electrons. The summed E-state index contributed by atoms with van der Waals surface area (Å²) < 4.78 is 9.65. The lowest BCUT2D eigenvalue weighted by Gasteiger charge is -2.01. The molecule has 6 heteroatoms. The van der Waals surface area contributed by atoms with Crippen molar-refractivity contribution in [2.75, 3.05) is 0 Å². The van der Waals surface area contributed by atoms with Gasteiger partial charge < -0.3 is 8.83 Å². The third-order valence-electron chi connectivity index (χ3n) is 2.10. The van der Waals surface area contributed by atoms with Gasteiger partial charge in [-0.3, -0.25) is 0 Å². The van der Waals surface area contributed by atoms with Gasteiger partial charge in [0.15, 0.2) is 5.76 Å². The molecule has 1 aromatic carbocycles. The molecule has 2 rings (SSSR count). The molecular formula is C11H8Cl2O3S. The van der Waals surface area contributed by atoms with Gasteiger partial charge in [-0.25, -0.2) is 4.79 Å². The topological polar surface area (TPSA) is 43.4 Å². The maximum atomic E-state index is 10.8. The van der Waals surface area contributed by atoms with E-state index in [0.717, 1.165) is 4.90 Å². The standard InChI is InChI=1S/C11H8Cl2O3S/c1-6-10(16-11(14)15-6)5-17-7-2-3-8(12)9(13)4-7/h2-4H,5H2,1H3. The van der Waals surface area contributed by atoms with Crippen molar-refractivity contribution >= 4 is 35.0 Å². The van der Waals surface area contributed by atoms with Gasteiger partial charge >= 0.3 is 5.82 Å². The van der Waals surface area contributed by atoms with Crippen molar-refractivity contribution in [2.45, 2.75) is 17.6 Å². The van der Waals surface area contributed by atoms with Crippen molar-refractivity contribution < 1.29 is 8.83 Å². The summed E-state index contributed by atoms with van der Waals surface area (Å²) in [5, 5.41) is 1.02. The Balaban J connectivity index is 2.09. The van der Waals surface area contributed by atoms with Crippen LogP contribution in [0.4, 0.5) is 0 Å². The van der Waals surface area contributed by atoms with E-state index in [-0.39, 0.29) is 0 Å². The van der Waals surface area contributed by atoms with Crippen LogP contribution in [-0.2, 0) is 5.75 Å². The zero-order chi connectivity index (χ0) is 12.4. The van der Waals surface area contributed by atoms with E-state index >= 15 is 0 Å². The summed E-state index contributed by atoms with van der Waals surface area (Å²) in [6.45, 7) is 1.69. The largest absolute Gasteiger partial charge is 0.519 e. The summed E-state index contributed by atoms with van der Waals surface area (Å²) in [6.07, 6.45) is 0. The van der Waals surface area contributed by atoms with Crippen LogP contribution < -0.4 is 5.82 Å².